The van der Waals surface area contributed by atoms with Gasteiger partial charge >= 0.3 is 0 Å². The summed E-state index contributed by atoms with van der Waals surface area (Å²) < 4.78 is 30.5. The van der Waals surface area contributed by atoms with Gasteiger partial charge in [0.1, 0.15) is 5.76 Å². The number of alkyl halides is 1. The van der Waals surface area contributed by atoms with Gasteiger partial charge in [-0.1, -0.05) is 0 Å². The molecule has 5 nitrogen and oxygen atoms in total. The lowest BCUT2D eigenvalue weighted by Crippen LogP contribution is -2.26. The number of rotatable bonds is 7. The van der Waals surface area contributed by atoms with Gasteiger partial charge in [-0.15, -0.1) is 11.6 Å². The van der Waals surface area contributed by atoms with E-state index in [4.69, 9.17) is 16.0 Å². The maximum Gasteiger partial charge on any atom is 0.212 e. The molecule has 0 fully saturated rings. The molecule has 0 atom stereocenters. The van der Waals surface area contributed by atoms with Gasteiger partial charge in [-0.3, -0.25) is 0 Å². The number of halogens is 1. The Morgan fingerprint density at radius 3 is 2.81 bits per heavy atom. The van der Waals surface area contributed by atoms with Gasteiger partial charge in [0.05, 0.1) is 18.5 Å². The van der Waals surface area contributed by atoms with Crippen molar-refractivity contribution in [3.8, 4) is 0 Å². The fraction of sp³-hybridized carbons (Fsp3) is 0.667. The van der Waals surface area contributed by atoms with Crippen molar-refractivity contribution < 1.29 is 12.8 Å². The summed E-state index contributed by atoms with van der Waals surface area (Å²) in [4.78, 5) is 3.90. The first-order chi connectivity index (χ1) is 7.53. The molecule has 0 bridgehead atoms. The minimum Gasteiger partial charge on any atom is -0.445 e. The summed E-state index contributed by atoms with van der Waals surface area (Å²) >= 11 is 5.47. The van der Waals surface area contributed by atoms with Crippen molar-refractivity contribution in [1.82, 2.24) is 9.71 Å². The van der Waals surface area contributed by atoms with Crippen molar-refractivity contribution in [1.29, 1.82) is 0 Å². The van der Waals surface area contributed by atoms with Gasteiger partial charge in [0.15, 0.2) is 0 Å². The second-order valence-electron chi connectivity index (χ2n) is 3.40. The van der Waals surface area contributed by atoms with Crippen molar-refractivity contribution >= 4 is 21.6 Å². The second kappa shape index (κ2) is 6.22. The molecule has 1 rings (SSSR count). The number of unbranched alkanes of at least 4 members (excludes halogenated alkanes) is 1. The van der Waals surface area contributed by atoms with Crippen LogP contribution in [-0.4, -0.2) is 25.0 Å². The fourth-order valence-corrected chi connectivity index (χ4v) is 2.37. The van der Waals surface area contributed by atoms with Crippen LogP contribution in [0.4, 0.5) is 0 Å². The minimum atomic E-state index is -3.25. The van der Waals surface area contributed by atoms with Crippen molar-refractivity contribution in [2.45, 2.75) is 26.3 Å². The van der Waals surface area contributed by atoms with Gasteiger partial charge in [-0.2, -0.15) is 0 Å². The lowest BCUT2D eigenvalue weighted by atomic mass is 10.4. The minimum absolute atomic E-state index is 0.0827. The molecule has 1 N–H and O–H groups in total. The SMILES string of the molecule is Cc1cnc(CNS(=O)(=O)CCCCCl)o1. The fourth-order valence-electron chi connectivity index (χ4n) is 1.11. The van der Waals surface area contributed by atoms with Crippen LogP contribution in [-0.2, 0) is 16.6 Å². The third kappa shape index (κ3) is 4.96. The molecule has 1 aromatic heterocycles. The van der Waals surface area contributed by atoms with Crippen LogP contribution in [0.1, 0.15) is 24.5 Å². The molecule has 0 spiro atoms. The third-order valence-corrected chi connectivity index (χ3v) is 3.59. The summed E-state index contributed by atoms with van der Waals surface area (Å²) in [6.45, 7) is 1.85. The second-order valence-corrected chi connectivity index (χ2v) is 5.71. The molecule has 0 aliphatic carbocycles. The highest BCUT2D eigenvalue weighted by Gasteiger charge is 2.11. The van der Waals surface area contributed by atoms with Gasteiger partial charge in [0.25, 0.3) is 0 Å². The number of nitrogens with zero attached hydrogens (tertiary/aromatic N) is 1. The normalized spacial score (nSPS) is 11.9. The summed E-state index contributed by atoms with van der Waals surface area (Å²) in [7, 11) is -3.25. The number of hydrogen-bond acceptors (Lipinski definition) is 4. The van der Waals surface area contributed by atoms with E-state index < -0.39 is 10.0 Å². The predicted molar refractivity (Wildman–Crippen MR) is 61.8 cm³/mol. The van der Waals surface area contributed by atoms with Crippen LogP contribution in [0.3, 0.4) is 0 Å². The summed E-state index contributed by atoms with van der Waals surface area (Å²) in [5.41, 5.74) is 0. The van der Waals surface area contributed by atoms with E-state index in [1.165, 1.54) is 0 Å². The smallest absolute Gasteiger partial charge is 0.212 e. The van der Waals surface area contributed by atoms with Crippen LogP contribution in [0.5, 0.6) is 0 Å². The molecule has 1 aromatic rings. The van der Waals surface area contributed by atoms with E-state index in [-0.39, 0.29) is 12.3 Å². The largest absolute Gasteiger partial charge is 0.445 e. The Bertz CT molecular complexity index is 416. The maximum atomic E-state index is 11.5. The quantitative estimate of drug-likeness (QED) is 0.598. The van der Waals surface area contributed by atoms with Crippen LogP contribution >= 0.6 is 11.6 Å². The number of sulfonamides is 1. The van der Waals surface area contributed by atoms with E-state index in [0.29, 0.717) is 30.4 Å². The summed E-state index contributed by atoms with van der Waals surface area (Å²) in [5.74, 6) is 1.60. The molecule has 0 aliphatic heterocycles. The molecule has 0 unspecified atom stereocenters. The van der Waals surface area contributed by atoms with Crippen LogP contribution in [0, 0.1) is 6.92 Å². The van der Waals surface area contributed by atoms with E-state index in [1.807, 2.05) is 0 Å². The van der Waals surface area contributed by atoms with Gasteiger partial charge in [0, 0.05) is 5.88 Å². The van der Waals surface area contributed by atoms with E-state index in [0.717, 1.165) is 0 Å². The zero-order valence-electron chi connectivity index (χ0n) is 9.07. The van der Waals surface area contributed by atoms with Gasteiger partial charge < -0.3 is 4.42 Å². The Kier molecular flexibility index (Phi) is 5.24. The monoisotopic (exact) mass is 266 g/mol. The topological polar surface area (TPSA) is 72.2 Å². The first-order valence-corrected chi connectivity index (χ1v) is 7.17. The predicted octanol–water partition coefficient (Wildman–Crippen LogP) is 1.42. The van der Waals surface area contributed by atoms with Crippen molar-refractivity contribution in [3.05, 3.63) is 17.8 Å². The average molecular weight is 267 g/mol. The van der Waals surface area contributed by atoms with Crippen LogP contribution < -0.4 is 4.72 Å². The number of aromatic nitrogens is 1. The highest BCUT2D eigenvalue weighted by molar-refractivity contribution is 7.89. The Morgan fingerprint density at radius 1 is 1.50 bits per heavy atom. The van der Waals surface area contributed by atoms with Gasteiger partial charge in [-0.25, -0.2) is 18.1 Å². The lowest BCUT2D eigenvalue weighted by molar-refractivity contribution is 0.463. The highest BCUT2D eigenvalue weighted by Crippen LogP contribution is 2.02. The van der Waals surface area contributed by atoms with Crippen LogP contribution in [0.2, 0.25) is 0 Å². The number of nitrogens with one attached hydrogen (secondary N) is 1. The number of hydrogen-bond donors (Lipinski definition) is 1. The van der Waals surface area contributed by atoms with Crippen LogP contribution in [0.25, 0.3) is 0 Å². The van der Waals surface area contributed by atoms with Crippen molar-refractivity contribution in [2.75, 3.05) is 11.6 Å². The summed E-state index contributed by atoms with van der Waals surface area (Å²) in [6, 6.07) is 0. The molecule has 1 heterocycles. The zero-order chi connectivity index (χ0) is 12.0. The van der Waals surface area contributed by atoms with E-state index >= 15 is 0 Å². The maximum absolute atomic E-state index is 11.5. The van der Waals surface area contributed by atoms with Gasteiger partial charge in [0.2, 0.25) is 15.9 Å². The highest BCUT2D eigenvalue weighted by atomic mass is 35.5. The molecule has 0 radical (unpaired) electrons. The Hall–Kier alpha value is -0.590. The molecule has 0 saturated heterocycles. The molecule has 0 aliphatic rings. The Morgan fingerprint density at radius 2 is 2.25 bits per heavy atom. The molecular formula is C9H15ClN2O3S. The molecule has 16 heavy (non-hydrogen) atoms. The average Bonchev–Trinajstić information content (AvgIpc) is 2.62. The summed E-state index contributed by atoms with van der Waals surface area (Å²) in [6.07, 6.45) is 2.81. The zero-order valence-corrected chi connectivity index (χ0v) is 10.6. The first kappa shape index (κ1) is 13.5. The van der Waals surface area contributed by atoms with Gasteiger partial charge in [-0.05, 0) is 19.8 Å². The standard InChI is InChI=1S/C9H15ClN2O3S/c1-8-6-11-9(15-8)7-12-16(13,14)5-3-2-4-10/h6,12H,2-5,7H2,1H3. The Balaban J connectivity index is 2.36. The first-order valence-electron chi connectivity index (χ1n) is 4.98. The molecule has 0 amide bonds. The van der Waals surface area contributed by atoms with E-state index in [2.05, 4.69) is 9.71 Å². The number of aryl methyl sites for hydroxylation is 1. The summed E-state index contributed by atoms with van der Waals surface area (Å²) in [5, 5.41) is 0. The molecular weight excluding hydrogens is 252 g/mol. The van der Waals surface area contributed by atoms with E-state index in [1.54, 1.807) is 13.1 Å². The van der Waals surface area contributed by atoms with Crippen LogP contribution in [0.15, 0.2) is 10.6 Å². The van der Waals surface area contributed by atoms with Crippen molar-refractivity contribution in [3.63, 3.8) is 0 Å². The molecule has 92 valence electrons. The third-order valence-electron chi connectivity index (χ3n) is 1.91. The molecule has 0 saturated carbocycles. The lowest BCUT2D eigenvalue weighted by Gasteiger charge is -2.03. The molecule has 0 aromatic carbocycles. The number of oxazole rings is 1. The van der Waals surface area contributed by atoms with Crippen molar-refractivity contribution in [2.24, 2.45) is 0 Å². The van der Waals surface area contributed by atoms with E-state index in [9.17, 15) is 8.42 Å². The Labute approximate surface area is 100 Å². The molecule has 7 heteroatoms.